The third kappa shape index (κ3) is 5.45. The molecule has 1 aromatic carbocycles. The van der Waals surface area contributed by atoms with Gasteiger partial charge in [-0.1, -0.05) is 37.3 Å². The molecule has 1 aromatic rings. The van der Waals surface area contributed by atoms with Crippen LogP contribution < -0.4 is 10.6 Å². The van der Waals surface area contributed by atoms with Crippen molar-refractivity contribution in [1.82, 2.24) is 15.5 Å². The van der Waals surface area contributed by atoms with E-state index in [9.17, 15) is 9.59 Å². The molecule has 2 saturated heterocycles. The molecule has 2 heterocycles. The number of likely N-dealkylation sites (tertiary alicyclic amines) is 1. The van der Waals surface area contributed by atoms with Gasteiger partial charge in [-0.25, -0.2) is 0 Å². The Balaban J connectivity index is 0.00000243. The molecule has 0 saturated carbocycles. The van der Waals surface area contributed by atoms with Crippen molar-refractivity contribution in [2.45, 2.75) is 45.2 Å². The van der Waals surface area contributed by atoms with E-state index in [1.54, 1.807) is 0 Å². The van der Waals surface area contributed by atoms with E-state index in [-0.39, 0.29) is 30.3 Å². The molecule has 0 spiro atoms. The van der Waals surface area contributed by atoms with Crippen LogP contribution >= 0.6 is 12.4 Å². The first-order chi connectivity index (χ1) is 12.1. The number of benzene rings is 1. The highest BCUT2D eigenvalue weighted by Gasteiger charge is 2.33. The van der Waals surface area contributed by atoms with E-state index in [1.807, 2.05) is 35.2 Å². The lowest BCUT2D eigenvalue weighted by Crippen LogP contribution is -2.42. The molecular weight excluding hydrogens is 350 g/mol. The maximum absolute atomic E-state index is 12.5. The van der Waals surface area contributed by atoms with E-state index in [4.69, 9.17) is 0 Å². The van der Waals surface area contributed by atoms with Gasteiger partial charge in [0.25, 0.3) is 0 Å². The van der Waals surface area contributed by atoms with Crippen LogP contribution in [0.4, 0.5) is 0 Å². The highest BCUT2D eigenvalue weighted by atomic mass is 35.5. The number of amides is 2. The molecule has 0 bridgehead atoms. The normalized spacial score (nSPS) is 22.0. The lowest BCUT2D eigenvalue weighted by atomic mass is 9.84. The molecule has 2 atom stereocenters. The van der Waals surface area contributed by atoms with Crippen molar-refractivity contribution in [2.75, 3.05) is 19.6 Å². The molecule has 5 nitrogen and oxygen atoms in total. The van der Waals surface area contributed by atoms with Gasteiger partial charge in [-0.05, 0) is 49.8 Å². The zero-order chi connectivity index (χ0) is 17.6. The van der Waals surface area contributed by atoms with Crippen molar-refractivity contribution in [1.29, 1.82) is 0 Å². The Bertz CT molecular complexity index is 590. The number of carbonyl (C=O) groups excluding carboxylic acids is 2. The van der Waals surface area contributed by atoms with Crippen LogP contribution in [0, 0.1) is 11.8 Å². The Kier molecular flexibility index (Phi) is 7.91. The maximum Gasteiger partial charge on any atom is 0.245 e. The van der Waals surface area contributed by atoms with E-state index in [1.165, 1.54) is 0 Å². The Morgan fingerprint density at radius 1 is 1.23 bits per heavy atom. The third-order valence-corrected chi connectivity index (χ3v) is 5.54. The summed E-state index contributed by atoms with van der Waals surface area (Å²) in [4.78, 5) is 26.7. The van der Waals surface area contributed by atoms with Gasteiger partial charge in [0.2, 0.25) is 11.8 Å². The van der Waals surface area contributed by atoms with Gasteiger partial charge in [0, 0.05) is 19.5 Å². The van der Waals surface area contributed by atoms with Gasteiger partial charge in [0.15, 0.2) is 0 Å². The molecule has 2 aliphatic heterocycles. The van der Waals surface area contributed by atoms with E-state index in [0.29, 0.717) is 37.8 Å². The molecule has 3 rings (SSSR count). The van der Waals surface area contributed by atoms with Crippen LogP contribution in [0.15, 0.2) is 30.3 Å². The van der Waals surface area contributed by atoms with Crippen molar-refractivity contribution in [2.24, 2.45) is 11.8 Å². The van der Waals surface area contributed by atoms with E-state index >= 15 is 0 Å². The summed E-state index contributed by atoms with van der Waals surface area (Å²) in [6.45, 7) is 5.59. The molecular formula is C20H30ClN3O2. The van der Waals surface area contributed by atoms with Crippen LogP contribution in [0.1, 0.15) is 38.2 Å². The zero-order valence-corrected chi connectivity index (χ0v) is 16.3. The SMILES string of the molecule is CC(CC(=O)NC1CCN(Cc2ccccc2)C1=O)C1CCNCC1.Cl. The Hall–Kier alpha value is -1.59. The molecule has 2 fully saturated rings. The fraction of sp³-hybridized carbons (Fsp3) is 0.600. The molecule has 2 unspecified atom stereocenters. The minimum Gasteiger partial charge on any atom is -0.344 e. The number of hydrogen-bond acceptors (Lipinski definition) is 3. The standard InChI is InChI=1S/C20H29N3O2.ClH/c1-15(17-7-10-21-11-8-17)13-19(24)22-18-9-12-23(20(18)25)14-16-5-3-2-4-6-16;/h2-6,15,17-18,21H,7-14H2,1H3,(H,22,24);1H. The Morgan fingerprint density at radius 3 is 2.62 bits per heavy atom. The summed E-state index contributed by atoms with van der Waals surface area (Å²) in [7, 11) is 0. The molecule has 144 valence electrons. The number of halogens is 1. The van der Waals surface area contributed by atoms with Crippen LogP contribution in [0.2, 0.25) is 0 Å². The van der Waals surface area contributed by atoms with Crippen LogP contribution in [0.5, 0.6) is 0 Å². The van der Waals surface area contributed by atoms with Crippen LogP contribution in [0.25, 0.3) is 0 Å². The van der Waals surface area contributed by atoms with Crippen molar-refractivity contribution in [3.8, 4) is 0 Å². The summed E-state index contributed by atoms with van der Waals surface area (Å²) in [5.41, 5.74) is 1.13. The van der Waals surface area contributed by atoms with Crippen molar-refractivity contribution in [3.63, 3.8) is 0 Å². The summed E-state index contributed by atoms with van der Waals surface area (Å²) in [5, 5.41) is 6.33. The van der Waals surface area contributed by atoms with Gasteiger partial charge in [-0.2, -0.15) is 0 Å². The molecule has 0 radical (unpaired) electrons. The number of piperidine rings is 1. The topological polar surface area (TPSA) is 61.4 Å². The van der Waals surface area contributed by atoms with Gasteiger partial charge in [0.05, 0.1) is 0 Å². The summed E-state index contributed by atoms with van der Waals surface area (Å²) in [5.74, 6) is 1.05. The first-order valence-electron chi connectivity index (χ1n) is 9.46. The highest BCUT2D eigenvalue weighted by Crippen LogP contribution is 2.24. The zero-order valence-electron chi connectivity index (χ0n) is 15.4. The largest absolute Gasteiger partial charge is 0.344 e. The number of carbonyl (C=O) groups is 2. The lowest BCUT2D eigenvalue weighted by Gasteiger charge is -2.28. The highest BCUT2D eigenvalue weighted by molar-refractivity contribution is 5.89. The summed E-state index contributed by atoms with van der Waals surface area (Å²) in [6.07, 6.45) is 3.51. The van der Waals surface area contributed by atoms with Gasteiger partial charge in [0.1, 0.15) is 6.04 Å². The minimum absolute atomic E-state index is 0. The smallest absolute Gasteiger partial charge is 0.245 e. The van der Waals surface area contributed by atoms with Gasteiger partial charge in [-0.15, -0.1) is 12.4 Å². The third-order valence-electron chi connectivity index (χ3n) is 5.54. The van der Waals surface area contributed by atoms with Crippen molar-refractivity contribution in [3.05, 3.63) is 35.9 Å². The van der Waals surface area contributed by atoms with Crippen molar-refractivity contribution < 1.29 is 9.59 Å². The second-order valence-corrected chi connectivity index (χ2v) is 7.42. The molecule has 0 aromatic heterocycles. The first kappa shape index (κ1) is 20.7. The van der Waals surface area contributed by atoms with E-state index < -0.39 is 0 Å². The van der Waals surface area contributed by atoms with E-state index in [2.05, 4.69) is 17.6 Å². The maximum atomic E-state index is 12.5. The molecule has 2 aliphatic rings. The number of hydrogen-bond donors (Lipinski definition) is 2. The second kappa shape index (κ2) is 9.93. The molecule has 26 heavy (non-hydrogen) atoms. The van der Waals surface area contributed by atoms with Crippen LogP contribution in [-0.2, 0) is 16.1 Å². The monoisotopic (exact) mass is 379 g/mol. The lowest BCUT2D eigenvalue weighted by molar-refractivity contribution is -0.133. The van der Waals surface area contributed by atoms with Gasteiger partial charge in [-0.3, -0.25) is 9.59 Å². The number of nitrogens with zero attached hydrogens (tertiary/aromatic N) is 1. The predicted octanol–water partition coefficient (Wildman–Crippen LogP) is 2.35. The first-order valence-corrected chi connectivity index (χ1v) is 9.46. The van der Waals surface area contributed by atoms with Gasteiger partial charge >= 0.3 is 0 Å². The molecule has 2 amide bonds. The summed E-state index contributed by atoms with van der Waals surface area (Å²) >= 11 is 0. The predicted molar refractivity (Wildman–Crippen MR) is 105 cm³/mol. The summed E-state index contributed by atoms with van der Waals surface area (Å²) in [6, 6.07) is 9.65. The van der Waals surface area contributed by atoms with Crippen molar-refractivity contribution >= 4 is 24.2 Å². The molecule has 0 aliphatic carbocycles. The van der Waals surface area contributed by atoms with Crippen LogP contribution in [-0.4, -0.2) is 42.4 Å². The Labute approximate surface area is 162 Å². The fourth-order valence-corrected chi connectivity index (χ4v) is 3.96. The average molecular weight is 380 g/mol. The Morgan fingerprint density at radius 2 is 1.92 bits per heavy atom. The number of nitrogens with one attached hydrogen (secondary N) is 2. The quantitative estimate of drug-likeness (QED) is 0.797. The van der Waals surface area contributed by atoms with Gasteiger partial charge < -0.3 is 15.5 Å². The van der Waals surface area contributed by atoms with Crippen LogP contribution in [0.3, 0.4) is 0 Å². The van der Waals surface area contributed by atoms with E-state index in [0.717, 1.165) is 31.5 Å². The second-order valence-electron chi connectivity index (χ2n) is 7.42. The minimum atomic E-state index is -0.351. The average Bonchev–Trinajstić information content (AvgIpc) is 2.96. The molecule has 6 heteroatoms. The summed E-state index contributed by atoms with van der Waals surface area (Å²) < 4.78 is 0. The molecule has 2 N–H and O–H groups in total. The fourth-order valence-electron chi connectivity index (χ4n) is 3.96. The number of rotatable bonds is 6.